The molecule has 0 aromatic heterocycles. The predicted octanol–water partition coefficient (Wildman–Crippen LogP) is 3.88. The molecule has 0 aliphatic carbocycles. The van der Waals surface area contributed by atoms with Gasteiger partial charge in [0.05, 0.1) is 39.4 Å². The second-order valence-electron chi connectivity index (χ2n) is 5.50. The number of carbonyl (C=O) groups is 2. The highest BCUT2D eigenvalue weighted by Gasteiger charge is 2.40. The summed E-state index contributed by atoms with van der Waals surface area (Å²) in [6.45, 7) is -0.145. The Morgan fingerprint density at radius 2 is 1.78 bits per heavy atom. The second kappa shape index (κ2) is 8.15. The van der Waals surface area contributed by atoms with E-state index in [4.69, 9.17) is 33.6 Å². The summed E-state index contributed by atoms with van der Waals surface area (Å²) in [6, 6.07) is 12.8. The van der Waals surface area contributed by atoms with E-state index in [-0.39, 0.29) is 27.9 Å². The summed E-state index contributed by atoms with van der Waals surface area (Å²) in [4.78, 5) is 27.3. The molecule has 2 aromatic rings. The van der Waals surface area contributed by atoms with Gasteiger partial charge >= 0.3 is 0 Å². The van der Waals surface area contributed by atoms with E-state index in [9.17, 15) is 9.59 Å². The van der Waals surface area contributed by atoms with Crippen molar-refractivity contribution in [1.82, 2.24) is 0 Å². The number of hydrogen-bond donors (Lipinski definition) is 1. The highest BCUT2D eigenvalue weighted by molar-refractivity contribution is 8.04. The Morgan fingerprint density at radius 1 is 1.07 bits per heavy atom. The molecule has 0 fully saturated rings. The van der Waals surface area contributed by atoms with Crippen LogP contribution >= 0.6 is 35.0 Å². The summed E-state index contributed by atoms with van der Waals surface area (Å²) in [5.74, 6) is -0.761. The molecular formula is C19H12Cl2N2O3S. The summed E-state index contributed by atoms with van der Waals surface area (Å²) in [6.07, 6.45) is 0. The molecule has 0 unspecified atom stereocenters. The van der Waals surface area contributed by atoms with Crippen molar-refractivity contribution in [3.63, 3.8) is 0 Å². The van der Waals surface area contributed by atoms with Crippen molar-refractivity contribution in [2.45, 2.75) is 0 Å². The number of imide groups is 1. The summed E-state index contributed by atoms with van der Waals surface area (Å²) in [5, 5.41) is 18.7. The van der Waals surface area contributed by atoms with Gasteiger partial charge in [0.25, 0.3) is 11.8 Å². The molecule has 1 heterocycles. The van der Waals surface area contributed by atoms with E-state index in [1.54, 1.807) is 12.1 Å². The largest absolute Gasteiger partial charge is 0.396 e. The monoisotopic (exact) mass is 418 g/mol. The molecule has 1 aliphatic rings. The highest BCUT2D eigenvalue weighted by atomic mass is 35.5. The molecule has 2 aromatic carbocycles. The van der Waals surface area contributed by atoms with Crippen LogP contribution in [0.2, 0.25) is 10.0 Å². The molecule has 1 N–H and O–H groups in total. The zero-order valence-corrected chi connectivity index (χ0v) is 16.1. The third kappa shape index (κ3) is 3.73. The van der Waals surface area contributed by atoms with E-state index >= 15 is 0 Å². The number of anilines is 1. The third-order valence-corrected chi connectivity index (χ3v) is 5.44. The Bertz CT molecular complexity index is 997. The molecule has 0 saturated carbocycles. The van der Waals surface area contributed by atoms with Gasteiger partial charge in [0.15, 0.2) is 0 Å². The molecule has 8 heteroatoms. The maximum Gasteiger partial charge on any atom is 0.272 e. The summed E-state index contributed by atoms with van der Waals surface area (Å²) in [7, 11) is 0. The Morgan fingerprint density at radius 3 is 2.37 bits per heavy atom. The average molecular weight is 419 g/mol. The van der Waals surface area contributed by atoms with Gasteiger partial charge in [-0.1, -0.05) is 29.3 Å². The van der Waals surface area contributed by atoms with Gasteiger partial charge in [-0.25, -0.2) is 4.90 Å². The van der Waals surface area contributed by atoms with Crippen LogP contribution in [0, 0.1) is 11.3 Å². The van der Waals surface area contributed by atoms with Crippen molar-refractivity contribution >= 4 is 58.0 Å². The molecule has 0 spiro atoms. The van der Waals surface area contributed by atoms with E-state index in [1.807, 2.05) is 6.07 Å². The maximum absolute atomic E-state index is 13.1. The molecule has 5 nitrogen and oxygen atoms in total. The zero-order valence-electron chi connectivity index (χ0n) is 13.8. The van der Waals surface area contributed by atoms with Gasteiger partial charge in [-0.05, 0) is 36.4 Å². The quantitative estimate of drug-likeness (QED) is 0.745. The van der Waals surface area contributed by atoms with Crippen LogP contribution in [-0.2, 0) is 9.59 Å². The number of carbonyl (C=O) groups excluding carboxylic acids is 2. The van der Waals surface area contributed by atoms with Gasteiger partial charge in [-0.2, -0.15) is 5.26 Å². The first-order valence-corrected chi connectivity index (χ1v) is 9.54. The first kappa shape index (κ1) is 19.5. The van der Waals surface area contributed by atoms with Crippen molar-refractivity contribution in [1.29, 1.82) is 5.26 Å². The Labute approximate surface area is 169 Å². The third-order valence-electron chi connectivity index (χ3n) is 3.83. The normalized spacial score (nSPS) is 14.1. The number of thioether (sulfide) groups is 1. The molecule has 2 amide bonds. The van der Waals surface area contributed by atoms with Crippen LogP contribution < -0.4 is 4.90 Å². The lowest BCUT2D eigenvalue weighted by Crippen LogP contribution is -2.31. The van der Waals surface area contributed by atoms with Crippen LogP contribution in [0.25, 0.3) is 5.57 Å². The minimum absolute atomic E-state index is 0.145. The zero-order chi connectivity index (χ0) is 19.6. The molecule has 27 heavy (non-hydrogen) atoms. The van der Waals surface area contributed by atoms with Crippen LogP contribution in [0.4, 0.5) is 5.69 Å². The summed E-state index contributed by atoms with van der Waals surface area (Å²) in [5.41, 5.74) is 1.34. The van der Waals surface area contributed by atoms with Crippen LogP contribution in [-0.4, -0.2) is 29.3 Å². The molecule has 0 bridgehead atoms. The summed E-state index contributed by atoms with van der Waals surface area (Å²) >= 11 is 13.3. The smallest absolute Gasteiger partial charge is 0.272 e. The van der Waals surface area contributed by atoms with Crippen LogP contribution in [0.3, 0.4) is 0 Å². The lowest BCUT2D eigenvalue weighted by atomic mass is 10.1. The molecule has 136 valence electrons. The first-order chi connectivity index (χ1) is 13.0. The number of nitriles is 1. The number of rotatable bonds is 5. The molecule has 0 atom stereocenters. The molecule has 1 aliphatic heterocycles. The van der Waals surface area contributed by atoms with E-state index in [0.717, 1.165) is 16.7 Å². The van der Waals surface area contributed by atoms with Crippen LogP contribution in [0.1, 0.15) is 11.1 Å². The Hall–Kier alpha value is -2.30. The van der Waals surface area contributed by atoms with Crippen LogP contribution in [0.15, 0.2) is 47.4 Å². The van der Waals surface area contributed by atoms with E-state index in [0.29, 0.717) is 21.8 Å². The van der Waals surface area contributed by atoms with E-state index < -0.39 is 11.8 Å². The number of amides is 2. The number of halogens is 2. The number of aliphatic hydroxyl groups is 1. The van der Waals surface area contributed by atoms with Crippen molar-refractivity contribution < 1.29 is 14.7 Å². The van der Waals surface area contributed by atoms with Crippen molar-refractivity contribution in [3.8, 4) is 6.07 Å². The minimum Gasteiger partial charge on any atom is -0.396 e. The average Bonchev–Trinajstić information content (AvgIpc) is 2.90. The molecular weight excluding hydrogens is 407 g/mol. The van der Waals surface area contributed by atoms with Crippen LogP contribution in [0.5, 0.6) is 0 Å². The molecule has 3 rings (SSSR count). The van der Waals surface area contributed by atoms with Gasteiger partial charge in [0.2, 0.25) is 0 Å². The number of benzene rings is 2. The van der Waals surface area contributed by atoms with Gasteiger partial charge in [0.1, 0.15) is 0 Å². The highest BCUT2D eigenvalue weighted by Crippen LogP contribution is 2.40. The SMILES string of the molecule is N#Cc1ccc(N2C(=O)C(SCCO)=C(c3ccc(Cl)cc3Cl)C2=O)cc1. The minimum atomic E-state index is -0.519. The van der Waals surface area contributed by atoms with E-state index in [1.165, 1.54) is 30.3 Å². The number of aliphatic hydroxyl groups excluding tert-OH is 1. The number of hydrogen-bond acceptors (Lipinski definition) is 5. The lowest BCUT2D eigenvalue weighted by Gasteiger charge is -2.15. The predicted molar refractivity (Wildman–Crippen MR) is 107 cm³/mol. The van der Waals surface area contributed by atoms with Gasteiger partial charge < -0.3 is 5.11 Å². The Kier molecular flexibility index (Phi) is 5.88. The second-order valence-corrected chi connectivity index (χ2v) is 7.45. The fraction of sp³-hybridized carbons (Fsp3) is 0.105. The Balaban J connectivity index is 2.09. The molecule has 0 radical (unpaired) electrons. The van der Waals surface area contributed by atoms with Gasteiger partial charge in [-0.15, -0.1) is 11.8 Å². The summed E-state index contributed by atoms with van der Waals surface area (Å²) < 4.78 is 0. The standard InChI is InChI=1S/C19H12Cl2N2O3S/c20-12-3-6-14(15(21)9-12)16-17(27-8-7-24)19(26)23(18(16)25)13-4-1-11(10-22)2-5-13/h1-6,9,24H,7-8H2. The van der Waals surface area contributed by atoms with Gasteiger partial charge in [0, 0.05) is 16.3 Å². The van der Waals surface area contributed by atoms with E-state index in [2.05, 4.69) is 0 Å². The maximum atomic E-state index is 13.1. The topological polar surface area (TPSA) is 81.4 Å². The fourth-order valence-electron chi connectivity index (χ4n) is 2.64. The fourth-order valence-corrected chi connectivity index (χ4v) is 4.00. The van der Waals surface area contributed by atoms with Gasteiger partial charge in [-0.3, -0.25) is 9.59 Å². The first-order valence-electron chi connectivity index (χ1n) is 7.80. The van der Waals surface area contributed by atoms with Crippen molar-refractivity contribution in [2.24, 2.45) is 0 Å². The lowest BCUT2D eigenvalue weighted by molar-refractivity contribution is -0.119. The number of nitrogens with zero attached hydrogens (tertiary/aromatic N) is 2. The van der Waals surface area contributed by atoms with Crippen molar-refractivity contribution in [3.05, 3.63) is 68.5 Å². The van der Waals surface area contributed by atoms with Crippen molar-refractivity contribution in [2.75, 3.05) is 17.3 Å². The molecule has 0 saturated heterocycles.